The number of carbonyl (C=O) groups is 2. The average Bonchev–Trinajstić information content (AvgIpc) is 2.63. The van der Waals surface area contributed by atoms with Crippen LogP contribution in [-0.4, -0.2) is 29.2 Å². The lowest BCUT2D eigenvalue weighted by Gasteiger charge is -2.35. The van der Waals surface area contributed by atoms with Crippen LogP contribution < -0.4 is 0 Å². The van der Waals surface area contributed by atoms with Gasteiger partial charge in [0.25, 0.3) is 0 Å². The molecule has 3 nitrogen and oxygen atoms in total. The summed E-state index contributed by atoms with van der Waals surface area (Å²) in [5, 5.41) is 0. The Labute approximate surface area is 143 Å². The molecule has 1 aliphatic heterocycles. The van der Waals surface area contributed by atoms with Crippen LogP contribution in [0.4, 0.5) is 0 Å². The molecule has 0 N–H and O–H groups in total. The van der Waals surface area contributed by atoms with Gasteiger partial charge in [0, 0.05) is 13.0 Å². The Bertz CT molecular complexity index is 620. The standard InChI is InChI=1S/C21H23NO2/c23-20(15-17-9-3-1-4-10-17)19-13-7-8-14-22(19)21(24)16-18-11-5-2-6-12-18/h1-6,9-12,19H,7-8,13-16H2. The van der Waals surface area contributed by atoms with Crippen LogP contribution in [0.15, 0.2) is 60.7 Å². The van der Waals surface area contributed by atoms with Crippen LogP contribution >= 0.6 is 0 Å². The van der Waals surface area contributed by atoms with Gasteiger partial charge in [0.2, 0.25) is 5.91 Å². The largest absolute Gasteiger partial charge is 0.332 e. The van der Waals surface area contributed by atoms with Crippen molar-refractivity contribution in [1.82, 2.24) is 4.90 Å². The Morgan fingerprint density at radius 1 is 0.833 bits per heavy atom. The van der Waals surface area contributed by atoms with E-state index < -0.39 is 0 Å². The fourth-order valence-corrected chi connectivity index (χ4v) is 3.35. The van der Waals surface area contributed by atoms with Crippen LogP contribution in [-0.2, 0) is 22.4 Å². The first-order valence-electron chi connectivity index (χ1n) is 8.64. The monoisotopic (exact) mass is 321 g/mol. The number of amides is 1. The minimum absolute atomic E-state index is 0.0623. The van der Waals surface area contributed by atoms with Crippen molar-refractivity contribution in [2.24, 2.45) is 0 Å². The SMILES string of the molecule is O=C(Cc1ccccc1)C1CCCCN1C(=O)Cc1ccccc1. The van der Waals surface area contributed by atoms with Crippen molar-refractivity contribution >= 4 is 11.7 Å². The Hall–Kier alpha value is -2.42. The number of hydrogen-bond acceptors (Lipinski definition) is 2. The third-order valence-electron chi connectivity index (χ3n) is 4.61. The van der Waals surface area contributed by atoms with Gasteiger partial charge in [0.15, 0.2) is 5.78 Å². The molecule has 1 aliphatic rings. The first kappa shape index (κ1) is 16.4. The molecule has 24 heavy (non-hydrogen) atoms. The lowest BCUT2D eigenvalue weighted by Crippen LogP contribution is -2.49. The van der Waals surface area contributed by atoms with Gasteiger partial charge < -0.3 is 4.90 Å². The molecule has 0 aromatic heterocycles. The van der Waals surface area contributed by atoms with Crippen LogP contribution in [0.25, 0.3) is 0 Å². The van der Waals surface area contributed by atoms with Gasteiger partial charge in [-0.05, 0) is 30.4 Å². The summed E-state index contributed by atoms with van der Waals surface area (Å²) in [6.45, 7) is 0.691. The molecule has 3 heteroatoms. The number of likely N-dealkylation sites (tertiary alicyclic amines) is 1. The number of benzene rings is 2. The first-order chi connectivity index (χ1) is 11.7. The van der Waals surface area contributed by atoms with E-state index in [9.17, 15) is 9.59 Å². The third kappa shape index (κ3) is 4.10. The predicted molar refractivity (Wildman–Crippen MR) is 94.7 cm³/mol. The van der Waals surface area contributed by atoms with E-state index in [1.807, 2.05) is 65.6 Å². The van der Waals surface area contributed by atoms with Gasteiger partial charge in [-0.15, -0.1) is 0 Å². The number of hydrogen-bond donors (Lipinski definition) is 0. The molecule has 1 saturated heterocycles. The third-order valence-corrected chi connectivity index (χ3v) is 4.61. The highest BCUT2D eigenvalue weighted by molar-refractivity contribution is 5.91. The Morgan fingerprint density at radius 3 is 2.04 bits per heavy atom. The van der Waals surface area contributed by atoms with Gasteiger partial charge in [0.05, 0.1) is 12.5 Å². The fourth-order valence-electron chi connectivity index (χ4n) is 3.35. The zero-order chi connectivity index (χ0) is 16.8. The zero-order valence-corrected chi connectivity index (χ0v) is 13.9. The lowest BCUT2D eigenvalue weighted by molar-refractivity contribution is -0.140. The van der Waals surface area contributed by atoms with E-state index in [0.29, 0.717) is 19.4 Å². The summed E-state index contributed by atoms with van der Waals surface area (Å²) in [6.07, 6.45) is 3.55. The molecule has 124 valence electrons. The minimum Gasteiger partial charge on any atom is -0.332 e. The summed E-state index contributed by atoms with van der Waals surface area (Å²) in [6, 6.07) is 19.3. The lowest BCUT2D eigenvalue weighted by atomic mass is 9.94. The maximum atomic E-state index is 12.7. The van der Waals surface area contributed by atoms with Gasteiger partial charge in [-0.1, -0.05) is 60.7 Å². The molecule has 1 heterocycles. The number of carbonyl (C=O) groups excluding carboxylic acids is 2. The van der Waals surface area contributed by atoms with E-state index in [2.05, 4.69) is 0 Å². The van der Waals surface area contributed by atoms with Crippen molar-refractivity contribution in [2.75, 3.05) is 6.54 Å². The van der Waals surface area contributed by atoms with Gasteiger partial charge in [0.1, 0.15) is 0 Å². The first-order valence-corrected chi connectivity index (χ1v) is 8.64. The molecular formula is C21H23NO2. The molecule has 1 unspecified atom stereocenters. The number of nitrogens with zero attached hydrogens (tertiary/aromatic N) is 1. The van der Waals surface area contributed by atoms with Crippen molar-refractivity contribution in [3.05, 3.63) is 71.8 Å². The van der Waals surface area contributed by atoms with E-state index in [-0.39, 0.29) is 17.7 Å². The molecule has 2 aromatic carbocycles. The Kier molecular flexibility index (Phi) is 5.42. The molecule has 1 amide bonds. The Morgan fingerprint density at radius 2 is 1.42 bits per heavy atom. The highest BCUT2D eigenvalue weighted by atomic mass is 16.2. The normalized spacial score (nSPS) is 17.5. The molecule has 1 atom stereocenters. The van der Waals surface area contributed by atoms with Gasteiger partial charge in [-0.3, -0.25) is 9.59 Å². The number of Topliss-reactive ketones (excluding diaryl/α,β-unsaturated/α-hetero) is 1. The summed E-state index contributed by atoms with van der Waals surface area (Å²) in [5.74, 6) is 0.217. The number of piperidine rings is 1. The van der Waals surface area contributed by atoms with E-state index >= 15 is 0 Å². The van der Waals surface area contributed by atoms with E-state index in [4.69, 9.17) is 0 Å². The summed E-state index contributed by atoms with van der Waals surface area (Å²) >= 11 is 0. The number of ketones is 1. The van der Waals surface area contributed by atoms with Crippen LogP contribution in [0.5, 0.6) is 0 Å². The predicted octanol–water partition coefficient (Wildman–Crippen LogP) is 3.42. The summed E-state index contributed by atoms with van der Waals surface area (Å²) in [4.78, 5) is 27.3. The molecule has 0 spiro atoms. The van der Waals surface area contributed by atoms with Gasteiger partial charge in [-0.2, -0.15) is 0 Å². The van der Waals surface area contributed by atoms with Crippen LogP contribution in [0, 0.1) is 0 Å². The maximum absolute atomic E-state index is 12.7. The Balaban J connectivity index is 1.68. The average molecular weight is 321 g/mol. The van der Waals surface area contributed by atoms with Crippen molar-refractivity contribution in [1.29, 1.82) is 0 Å². The van der Waals surface area contributed by atoms with Crippen molar-refractivity contribution in [2.45, 2.75) is 38.1 Å². The molecule has 0 radical (unpaired) electrons. The molecule has 1 fully saturated rings. The summed E-state index contributed by atoms with van der Waals surface area (Å²) < 4.78 is 0. The smallest absolute Gasteiger partial charge is 0.227 e. The van der Waals surface area contributed by atoms with Crippen molar-refractivity contribution in [3.8, 4) is 0 Å². The topological polar surface area (TPSA) is 37.4 Å². The fraction of sp³-hybridized carbons (Fsp3) is 0.333. The molecule has 0 saturated carbocycles. The molecular weight excluding hydrogens is 298 g/mol. The highest BCUT2D eigenvalue weighted by Gasteiger charge is 2.31. The summed E-state index contributed by atoms with van der Waals surface area (Å²) in [5.41, 5.74) is 2.02. The van der Waals surface area contributed by atoms with Crippen LogP contribution in [0.2, 0.25) is 0 Å². The van der Waals surface area contributed by atoms with Gasteiger partial charge >= 0.3 is 0 Å². The molecule has 2 aromatic rings. The minimum atomic E-state index is -0.268. The van der Waals surface area contributed by atoms with E-state index in [1.165, 1.54) is 0 Å². The second-order valence-electron chi connectivity index (χ2n) is 6.39. The van der Waals surface area contributed by atoms with E-state index in [0.717, 1.165) is 30.4 Å². The second-order valence-corrected chi connectivity index (χ2v) is 6.39. The second kappa shape index (κ2) is 7.91. The van der Waals surface area contributed by atoms with E-state index in [1.54, 1.807) is 0 Å². The van der Waals surface area contributed by atoms with Crippen molar-refractivity contribution < 1.29 is 9.59 Å². The van der Waals surface area contributed by atoms with Gasteiger partial charge in [-0.25, -0.2) is 0 Å². The highest BCUT2D eigenvalue weighted by Crippen LogP contribution is 2.20. The van der Waals surface area contributed by atoms with Crippen molar-refractivity contribution in [3.63, 3.8) is 0 Å². The maximum Gasteiger partial charge on any atom is 0.227 e. The molecule has 3 rings (SSSR count). The number of rotatable bonds is 5. The molecule has 0 bridgehead atoms. The summed E-state index contributed by atoms with van der Waals surface area (Å²) in [7, 11) is 0. The van der Waals surface area contributed by atoms with Crippen LogP contribution in [0.3, 0.4) is 0 Å². The quantitative estimate of drug-likeness (QED) is 0.846. The van der Waals surface area contributed by atoms with Crippen LogP contribution in [0.1, 0.15) is 30.4 Å². The molecule has 0 aliphatic carbocycles. The zero-order valence-electron chi connectivity index (χ0n) is 13.9.